The standard InChI is InChI=1S/C16H15FN2O5/c1-9-10(5-4-6-13(9)19(21)22)16(20)18-12-8-15(24-3)14(23-2)7-11(12)17/h4-8H,1-3H3,(H,18,20). The number of methoxy groups -OCH3 is 2. The van der Waals surface area contributed by atoms with Crippen molar-refractivity contribution in [1.82, 2.24) is 0 Å². The van der Waals surface area contributed by atoms with Crippen molar-refractivity contribution in [2.45, 2.75) is 6.92 Å². The highest BCUT2D eigenvalue weighted by atomic mass is 19.1. The SMILES string of the molecule is COc1cc(F)c(NC(=O)c2cccc([N+](=O)[O-])c2C)cc1OC. The van der Waals surface area contributed by atoms with Crippen molar-refractivity contribution >= 4 is 17.3 Å². The molecule has 0 aromatic heterocycles. The van der Waals surface area contributed by atoms with E-state index in [2.05, 4.69) is 5.32 Å². The number of hydrogen-bond acceptors (Lipinski definition) is 5. The summed E-state index contributed by atoms with van der Waals surface area (Å²) in [6.45, 7) is 1.46. The summed E-state index contributed by atoms with van der Waals surface area (Å²) in [6, 6.07) is 6.47. The van der Waals surface area contributed by atoms with Gasteiger partial charge in [-0.25, -0.2) is 4.39 Å². The molecule has 0 saturated heterocycles. The summed E-state index contributed by atoms with van der Waals surface area (Å²) in [6.07, 6.45) is 0. The Kier molecular flexibility index (Phi) is 4.98. The number of hydrogen-bond donors (Lipinski definition) is 1. The van der Waals surface area contributed by atoms with Crippen LogP contribution in [-0.4, -0.2) is 25.1 Å². The third-order valence-electron chi connectivity index (χ3n) is 3.47. The summed E-state index contributed by atoms with van der Waals surface area (Å²) in [5.41, 5.74) is -0.0294. The smallest absolute Gasteiger partial charge is 0.273 e. The molecule has 8 heteroatoms. The molecule has 0 unspecified atom stereocenters. The quantitative estimate of drug-likeness (QED) is 0.669. The molecule has 0 fully saturated rings. The number of carbonyl (C=O) groups excluding carboxylic acids is 1. The van der Waals surface area contributed by atoms with Crippen LogP contribution in [0.2, 0.25) is 0 Å². The highest BCUT2D eigenvalue weighted by molar-refractivity contribution is 6.06. The molecule has 0 heterocycles. The number of rotatable bonds is 5. The Labute approximate surface area is 137 Å². The molecule has 2 rings (SSSR count). The topological polar surface area (TPSA) is 90.7 Å². The number of nitro benzene ring substituents is 1. The summed E-state index contributed by atoms with van der Waals surface area (Å²) in [5.74, 6) is -0.962. The van der Waals surface area contributed by atoms with Crippen molar-refractivity contribution in [3.63, 3.8) is 0 Å². The molecular formula is C16H15FN2O5. The Balaban J connectivity index is 2.37. The van der Waals surface area contributed by atoms with Crippen molar-refractivity contribution in [2.75, 3.05) is 19.5 Å². The van der Waals surface area contributed by atoms with Gasteiger partial charge >= 0.3 is 0 Å². The number of anilines is 1. The number of halogens is 1. The molecule has 7 nitrogen and oxygen atoms in total. The molecule has 24 heavy (non-hydrogen) atoms. The Morgan fingerprint density at radius 1 is 1.21 bits per heavy atom. The van der Waals surface area contributed by atoms with E-state index in [9.17, 15) is 19.3 Å². The average molecular weight is 334 g/mol. The fourth-order valence-electron chi connectivity index (χ4n) is 2.21. The van der Waals surface area contributed by atoms with E-state index in [0.29, 0.717) is 0 Å². The molecule has 0 aliphatic rings. The van der Waals surface area contributed by atoms with Crippen LogP contribution in [0.4, 0.5) is 15.8 Å². The molecule has 0 radical (unpaired) electrons. The second kappa shape index (κ2) is 6.95. The Morgan fingerprint density at radius 3 is 2.42 bits per heavy atom. The minimum Gasteiger partial charge on any atom is -0.493 e. The van der Waals surface area contributed by atoms with Gasteiger partial charge in [-0.1, -0.05) is 6.07 Å². The van der Waals surface area contributed by atoms with E-state index in [1.807, 2.05) is 0 Å². The van der Waals surface area contributed by atoms with Crippen LogP contribution < -0.4 is 14.8 Å². The molecule has 0 aliphatic heterocycles. The highest BCUT2D eigenvalue weighted by Crippen LogP contribution is 2.33. The minimum absolute atomic E-state index is 0.0818. The van der Waals surface area contributed by atoms with Gasteiger partial charge in [0, 0.05) is 29.3 Å². The van der Waals surface area contributed by atoms with Gasteiger partial charge in [0.1, 0.15) is 0 Å². The first-order valence-corrected chi connectivity index (χ1v) is 6.86. The van der Waals surface area contributed by atoms with Gasteiger partial charge < -0.3 is 14.8 Å². The van der Waals surface area contributed by atoms with Gasteiger partial charge in [0.25, 0.3) is 11.6 Å². The maximum Gasteiger partial charge on any atom is 0.273 e. The van der Waals surface area contributed by atoms with Gasteiger partial charge in [0.15, 0.2) is 17.3 Å². The summed E-state index contributed by atoms with van der Waals surface area (Å²) in [5, 5.41) is 13.3. The second-order valence-electron chi connectivity index (χ2n) is 4.85. The Morgan fingerprint density at radius 2 is 1.83 bits per heavy atom. The van der Waals surface area contributed by atoms with E-state index in [1.165, 1.54) is 45.4 Å². The average Bonchev–Trinajstić information content (AvgIpc) is 2.55. The molecule has 0 bridgehead atoms. The third-order valence-corrected chi connectivity index (χ3v) is 3.47. The first-order valence-electron chi connectivity index (χ1n) is 6.86. The normalized spacial score (nSPS) is 10.2. The van der Waals surface area contributed by atoms with Crippen molar-refractivity contribution in [2.24, 2.45) is 0 Å². The lowest BCUT2D eigenvalue weighted by Crippen LogP contribution is -2.15. The first kappa shape index (κ1) is 17.2. The summed E-state index contributed by atoms with van der Waals surface area (Å²) in [7, 11) is 2.74. The number of benzene rings is 2. The van der Waals surface area contributed by atoms with Gasteiger partial charge in [-0.3, -0.25) is 14.9 Å². The molecule has 126 valence electrons. The van der Waals surface area contributed by atoms with Crippen LogP contribution in [-0.2, 0) is 0 Å². The van der Waals surface area contributed by atoms with Crippen molar-refractivity contribution in [1.29, 1.82) is 0 Å². The summed E-state index contributed by atoms with van der Waals surface area (Å²) >= 11 is 0. The zero-order valence-electron chi connectivity index (χ0n) is 13.3. The van der Waals surface area contributed by atoms with E-state index < -0.39 is 16.6 Å². The highest BCUT2D eigenvalue weighted by Gasteiger charge is 2.20. The molecule has 0 saturated carbocycles. The van der Waals surface area contributed by atoms with Crippen LogP contribution in [0.3, 0.4) is 0 Å². The largest absolute Gasteiger partial charge is 0.493 e. The van der Waals surface area contributed by atoms with Gasteiger partial charge in [-0.2, -0.15) is 0 Å². The number of amides is 1. The third kappa shape index (κ3) is 3.27. The van der Waals surface area contributed by atoms with Crippen LogP contribution in [0.5, 0.6) is 11.5 Å². The second-order valence-corrected chi connectivity index (χ2v) is 4.85. The van der Waals surface area contributed by atoms with Crippen molar-refractivity contribution in [3.8, 4) is 11.5 Å². The van der Waals surface area contributed by atoms with Crippen LogP contribution in [0.1, 0.15) is 15.9 Å². The molecule has 1 N–H and O–H groups in total. The lowest BCUT2D eigenvalue weighted by Gasteiger charge is -2.12. The van der Waals surface area contributed by atoms with Gasteiger partial charge in [0.05, 0.1) is 24.8 Å². The lowest BCUT2D eigenvalue weighted by molar-refractivity contribution is -0.385. The molecule has 2 aromatic rings. The predicted molar refractivity (Wildman–Crippen MR) is 85.3 cm³/mol. The zero-order valence-corrected chi connectivity index (χ0v) is 13.3. The molecule has 0 aliphatic carbocycles. The Bertz CT molecular complexity index is 807. The van der Waals surface area contributed by atoms with Crippen LogP contribution in [0, 0.1) is 22.9 Å². The van der Waals surface area contributed by atoms with Gasteiger partial charge in [-0.15, -0.1) is 0 Å². The fraction of sp³-hybridized carbons (Fsp3) is 0.188. The molecule has 2 aromatic carbocycles. The van der Waals surface area contributed by atoms with Crippen molar-refractivity contribution in [3.05, 3.63) is 57.4 Å². The van der Waals surface area contributed by atoms with Crippen LogP contribution in [0.15, 0.2) is 30.3 Å². The number of ether oxygens (including phenoxy) is 2. The number of nitro groups is 1. The number of nitrogens with one attached hydrogen (secondary N) is 1. The van der Waals surface area contributed by atoms with E-state index in [-0.39, 0.29) is 34.0 Å². The first-order chi connectivity index (χ1) is 11.4. The lowest BCUT2D eigenvalue weighted by atomic mass is 10.1. The predicted octanol–water partition coefficient (Wildman–Crippen LogP) is 3.31. The Hall–Kier alpha value is -3.16. The molecule has 1 amide bonds. The number of carbonyl (C=O) groups is 1. The zero-order chi connectivity index (χ0) is 17.9. The van der Waals surface area contributed by atoms with E-state index in [4.69, 9.17) is 9.47 Å². The summed E-state index contributed by atoms with van der Waals surface area (Å²) < 4.78 is 24.1. The molecule has 0 atom stereocenters. The van der Waals surface area contributed by atoms with Gasteiger partial charge in [0.2, 0.25) is 0 Å². The van der Waals surface area contributed by atoms with Crippen LogP contribution >= 0.6 is 0 Å². The monoisotopic (exact) mass is 334 g/mol. The maximum atomic E-state index is 14.1. The maximum absolute atomic E-state index is 14.1. The van der Waals surface area contributed by atoms with E-state index in [1.54, 1.807) is 0 Å². The number of nitrogens with zero attached hydrogens (tertiary/aromatic N) is 1. The van der Waals surface area contributed by atoms with Crippen LogP contribution in [0.25, 0.3) is 0 Å². The molecular weight excluding hydrogens is 319 g/mol. The van der Waals surface area contributed by atoms with Gasteiger partial charge in [-0.05, 0) is 13.0 Å². The fourth-order valence-corrected chi connectivity index (χ4v) is 2.21. The van der Waals surface area contributed by atoms with E-state index in [0.717, 1.165) is 6.07 Å². The van der Waals surface area contributed by atoms with Crippen molar-refractivity contribution < 1.29 is 23.6 Å². The van der Waals surface area contributed by atoms with E-state index >= 15 is 0 Å². The summed E-state index contributed by atoms with van der Waals surface area (Å²) in [4.78, 5) is 22.7. The minimum atomic E-state index is -0.718. The molecule has 0 spiro atoms.